The van der Waals surface area contributed by atoms with Gasteiger partial charge in [0.05, 0.1) is 6.54 Å². The van der Waals surface area contributed by atoms with Crippen LogP contribution in [0.2, 0.25) is 0 Å². The maximum Gasteiger partial charge on any atom is 0.387 e. The van der Waals surface area contributed by atoms with E-state index in [-0.39, 0.29) is 12.3 Å². The Labute approximate surface area is 123 Å². The first-order valence-corrected chi connectivity index (χ1v) is 7.24. The number of nitrogens with one attached hydrogen (secondary N) is 1. The Morgan fingerprint density at radius 1 is 1.29 bits per heavy atom. The second-order valence-corrected chi connectivity index (χ2v) is 5.17. The summed E-state index contributed by atoms with van der Waals surface area (Å²) in [5.74, 6) is 0.496. The molecule has 0 aliphatic heterocycles. The zero-order valence-corrected chi connectivity index (χ0v) is 11.9. The molecule has 0 atom stereocenters. The number of nitrogens with zero attached hydrogens (tertiary/aromatic N) is 1. The lowest BCUT2D eigenvalue weighted by atomic mass is 9.96. The molecule has 1 aliphatic rings. The molecule has 0 saturated heterocycles. The van der Waals surface area contributed by atoms with Crippen LogP contribution in [0, 0.1) is 0 Å². The van der Waals surface area contributed by atoms with E-state index >= 15 is 0 Å². The molecule has 3 N–H and O–H groups in total. The quantitative estimate of drug-likeness (QED) is 0.649. The van der Waals surface area contributed by atoms with Gasteiger partial charge in [0.2, 0.25) is 0 Å². The fourth-order valence-corrected chi connectivity index (χ4v) is 2.52. The van der Waals surface area contributed by atoms with E-state index in [0.717, 1.165) is 12.8 Å². The molecule has 0 bridgehead atoms. The number of alkyl halides is 2. The van der Waals surface area contributed by atoms with Gasteiger partial charge >= 0.3 is 6.61 Å². The third kappa shape index (κ3) is 5.21. The maximum absolute atomic E-state index is 12.3. The molecule has 0 spiro atoms. The van der Waals surface area contributed by atoms with Crippen LogP contribution >= 0.6 is 0 Å². The lowest BCUT2D eigenvalue weighted by Crippen LogP contribution is -2.41. The number of benzene rings is 1. The van der Waals surface area contributed by atoms with Gasteiger partial charge in [0, 0.05) is 11.6 Å². The highest BCUT2D eigenvalue weighted by Crippen LogP contribution is 2.21. The van der Waals surface area contributed by atoms with Crippen molar-refractivity contribution in [1.82, 2.24) is 5.32 Å². The maximum atomic E-state index is 12.3. The Kier molecular flexibility index (Phi) is 5.78. The van der Waals surface area contributed by atoms with Crippen molar-refractivity contribution in [2.24, 2.45) is 10.7 Å². The minimum absolute atomic E-state index is 0.140. The SMILES string of the molecule is NC(=NCc1ccccc1OC(F)F)NC1CCCCC1. The minimum atomic E-state index is -2.84. The summed E-state index contributed by atoms with van der Waals surface area (Å²) in [7, 11) is 0. The van der Waals surface area contributed by atoms with Crippen LogP contribution in [0.5, 0.6) is 5.75 Å². The predicted molar refractivity (Wildman–Crippen MR) is 78.4 cm³/mol. The molecular formula is C15H21F2N3O. The number of halogens is 2. The highest BCUT2D eigenvalue weighted by atomic mass is 19.3. The summed E-state index contributed by atoms with van der Waals surface area (Å²) in [5.41, 5.74) is 6.44. The minimum Gasteiger partial charge on any atom is -0.434 e. The first kappa shape index (κ1) is 15.5. The molecule has 1 aromatic carbocycles. The zero-order valence-electron chi connectivity index (χ0n) is 11.9. The summed E-state index contributed by atoms with van der Waals surface area (Å²) in [6, 6.07) is 6.98. The number of ether oxygens (including phenoxy) is 1. The van der Waals surface area contributed by atoms with Gasteiger partial charge in [0.1, 0.15) is 5.75 Å². The average molecular weight is 297 g/mol. The van der Waals surface area contributed by atoms with E-state index in [0.29, 0.717) is 17.6 Å². The molecule has 0 heterocycles. The second-order valence-electron chi connectivity index (χ2n) is 5.17. The largest absolute Gasteiger partial charge is 0.434 e. The summed E-state index contributed by atoms with van der Waals surface area (Å²) in [6.45, 7) is -2.62. The Morgan fingerprint density at radius 2 is 2.00 bits per heavy atom. The molecule has 6 heteroatoms. The molecule has 2 rings (SSSR count). The van der Waals surface area contributed by atoms with Gasteiger partial charge in [-0.15, -0.1) is 0 Å². The fraction of sp³-hybridized carbons (Fsp3) is 0.533. The number of rotatable bonds is 5. The summed E-state index contributed by atoms with van der Waals surface area (Å²) in [4.78, 5) is 4.21. The molecule has 4 nitrogen and oxygen atoms in total. The van der Waals surface area contributed by atoms with Crippen molar-refractivity contribution < 1.29 is 13.5 Å². The summed E-state index contributed by atoms with van der Waals surface area (Å²) in [6.07, 6.45) is 5.88. The molecule has 0 radical (unpaired) electrons. The highest BCUT2D eigenvalue weighted by molar-refractivity contribution is 5.78. The van der Waals surface area contributed by atoms with Crippen LogP contribution in [-0.2, 0) is 6.54 Å². The van der Waals surface area contributed by atoms with Gasteiger partial charge in [-0.3, -0.25) is 0 Å². The monoisotopic (exact) mass is 297 g/mol. The molecule has 0 aromatic heterocycles. The normalized spacial score (nSPS) is 17.0. The van der Waals surface area contributed by atoms with Gasteiger partial charge < -0.3 is 15.8 Å². The van der Waals surface area contributed by atoms with Gasteiger partial charge in [0.15, 0.2) is 5.96 Å². The van der Waals surface area contributed by atoms with E-state index in [2.05, 4.69) is 15.0 Å². The number of guanidine groups is 1. The van der Waals surface area contributed by atoms with Crippen molar-refractivity contribution >= 4 is 5.96 Å². The highest BCUT2D eigenvalue weighted by Gasteiger charge is 2.13. The smallest absolute Gasteiger partial charge is 0.387 e. The van der Waals surface area contributed by atoms with Crippen LogP contribution in [0.15, 0.2) is 29.3 Å². The van der Waals surface area contributed by atoms with Crippen molar-refractivity contribution in [3.05, 3.63) is 29.8 Å². The van der Waals surface area contributed by atoms with Gasteiger partial charge in [-0.2, -0.15) is 8.78 Å². The summed E-state index contributed by atoms with van der Waals surface area (Å²) < 4.78 is 29.1. The fourth-order valence-electron chi connectivity index (χ4n) is 2.52. The van der Waals surface area contributed by atoms with E-state index in [9.17, 15) is 8.78 Å². The van der Waals surface area contributed by atoms with Crippen molar-refractivity contribution in [2.75, 3.05) is 0 Å². The molecule has 1 aromatic rings. The molecule has 1 saturated carbocycles. The van der Waals surface area contributed by atoms with Gasteiger partial charge in [-0.25, -0.2) is 4.99 Å². The van der Waals surface area contributed by atoms with Crippen LogP contribution in [0.4, 0.5) is 8.78 Å². The number of hydrogen-bond acceptors (Lipinski definition) is 2. The van der Waals surface area contributed by atoms with Gasteiger partial charge in [-0.05, 0) is 18.9 Å². The average Bonchev–Trinajstić information content (AvgIpc) is 2.47. The number of nitrogens with two attached hydrogens (primary N) is 1. The molecule has 1 fully saturated rings. The van der Waals surface area contributed by atoms with Crippen LogP contribution in [0.1, 0.15) is 37.7 Å². The van der Waals surface area contributed by atoms with E-state index in [1.54, 1.807) is 18.2 Å². The van der Waals surface area contributed by atoms with E-state index < -0.39 is 6.61 Å². The Balaban J connectivity index is 1.92. The topological polar surface area (TPSA) is 59.6 Å². The summed E-state index contributed by atoms with van der Waals surface area (Å²) >= 11 is 0. The van der Waals surface area contributed by atoms with E-state index in [1.807, 2.05) is 0 Å². The Morgan fingerprint density at radius 3 is 2.71 bits per heavy atom. The molecule has 0 amide bonds. The molecule has 116 valence electrons. The molecule has 0 unspecified atom stereocenters. The predicted octanol–water partition coefficient (Wildman–Crippen LogP) is 3.03. The van der Waals surface area contributed by atoms with Crippen LogP contribution in [0.25, 0.3) is 0 Å². The summed E-state index contributed by atoms with van der Waals surface area (Å²) in [5, 5.41) is 3.19. The number of hydrogen-bond donors (Lipinski definition) is 2. The van der Waals surface area contributed by atoms with Crippen molar-refractivity contribution in [2.45, 2.75) is 51.3 Å². The van der Waals surface area contributed by atoms with Crippen LogP contribution < -0.4 is 15.8 Å². The lowest BCUT2D eigenvalue weighted by Gasteiger charge is -2.23. The van der Waals surface area contributed by atoms with Crippen LogP contribution in [0.3, 0.4) is 0 Å². The van der Waals surface area contributed by atoms with Gasteiger partial charge in [-0.1, -0.05) is 37.5 Å². The molecular weight excluding hydrogens is 276 g/mol. The number of para-hydroxylation sites is 1. The first-order chi connectivity index (χ1) is 10.1. The van der Waals surface area contributed by atoms with E-state index in [4.69, 9.17) is 5.73 Å². The Hall–Kier alpha value is -1.85. The third-order valence-corrected chi connectivity index (χ3v) is 3.57. The Bertz CT molecular complexity index is 474. The zero-order chi connectivity index (χ0) is 15.1. The van der Waals surface area contributed by atoms with Crippen molar-refractivity contribution in [1.29, 1.82) is 0 Å². The van der Waals surface area contributed by atoms with Crippen molar-refractivity contribution in [3.63, 3.8) is 0 Å². The van der Waals surface area contributed by atoms with Crippen molar-refractivity contribution in [3.8, 4) is 5.75 Å². The van der Waals surface area contributed by atoms with Crippen LogP contribution in [-0.4, -0.2) is 18.6 Å². The third-order valence-electron chi connectivity index (χ3n) is 3.57. The molecule has 21 heavy (non-hydrogen) atoms. The first-order valence-electron chi connectivity index (χ1n) is 7.24. The number of aliphatic imine (C=N–C) groups is 1. The standard InChI is InChI=1S/C15H21F2N3O/c16-14(17)21-13-9-5-4-6-11(13)10-19-15(18)20-12-7-2-1-3-8-12/h4-6,9,12,14H,1-3,7-8,10H2,(H3,18,19,20). The lowest BCUT2D eigenvalue weighted by molar-refractivity contribution is -0.0504. The molecule has 1 aliphatic carbocycles. The second kappa shape index (κ2) is 7.81. The van der Waals surface area contributed by atoms with Gasteiger partial charge in [0.25, 0.3) is 0 Å². The van der Waals surface area contributed by atoms with E-state index in [1.165, 1.54) is 25.3 Å².